The predicted molar refractivity (Wildman–Crippen MR) is 66.5 cm³/mol. The first kappa shape index (κ1) is 13.7. The molecule has 0 spiro atoms. The van der Waals surface area contributed by atoms with Crippen molar-refractivity contribution in [1.29, 1.82) is 0 Å². The van der Waals surface area contributed by atoms with E-state index in [-0.39, 0.29) is 6.04 Å². The highest BCUT2D eigenvalue weighted by Crippen LogP contribution is 2.32. The molecular formula is C14H14F3NO. The second kappa shape index (κ2) is 5.09. The zero-order valence-electron chi connectivity index (χ0n) is 10.4. The molecule has 1 heterocycles. The molecule has 5 heteroatoms. The Labute approximate surface area is 109 Å². The molecule has 0 aliphatic heterocycles. The van der Waals surface area contributed by atoms with Crippen LogP contribution in [-0.2, 0) is 12.6 Å². The van der Waals surface area contributed by atoms with Crippen LogP contribution in [0.2, 0.25) is 0 Å². The molecule has 0 bridgehead atoms. The van der Waals surface area contributed by atoms with Gasteiger partial charge in [0, 0.05) is 18.0 Å². The van der Waals surface area contributed by atoms with E-state index >= 15 is 0 Å². The molecule has 1 aromatic heterocycles. The van der Waals surface area contributed by atoms with Crippen molar-refractivity contribution in [3.05, 3.63) is 47.7 Å². The minimum atomic E-state index is -4.35. The minimum Gasteiger partial charge on any atom is -0.461 e. The van der Waals surface area contributed by atoms with Crippen molar-refractivity contribution in [2.75, 3.05) is 0 Å². The fourth-order valence-corrected chi connectivity index (χ4v) is 1.81. The minimum absolute atomic E-state index is 0.0551. The number of hydrogen-bond acceptors (Lipinski definition) is 2. The summed E-state index contributed by atoms with van der Waals surface area (Å²) in [4.78, 5) is 0. The van der Waals surface area contributed by atoms with Crippen molar-refractivity contribution in [2.24, 2.45) is 5.73 Å². The van der Waals surface area contributed by atoms with Crippen LogP contribution >= 0.6 is 0 Å². The normalized spacial score (nSPS) is 13.5. The average molecular weight is 269 g/mol. The monoisotopic (exact) mass is 269 g/mol. The van der Waals surface area contributed by atoms with E-state index in [2.05, 4.69) is 0 Å². The Morgan fingerprint density at radius 1 is 1.21 bits per heavy atom. The summed E-state index contributed by atoms with van der Waals surface area (Å²) >= 11 is 0. The maximum absolute atomic E-state index is 12.6. The fraction of sp³-hybridized carbons (Fsp3) is 0.286. The van der Waals surface area contributed by atoms with E-state index in [0.717, 1.165) is 12.1 Å². The summed E-state index contributed by atoms with van der Waals surface area (Å²) in [6.07, 6.45) is -3.80. The van der Waals surface area contributed by atoms with Gasteiger partial charge >= 0.3 is 6.18 Å². The summed E-state index contributed by atoms with van der Waals surface area (Å²) in [5, 5.41) is 0. The summed E-state index contributed by atoms with van der Waals surface area (Å²) in [5.74, 6) is 1.09. The van der Waals surface area contributed by atoms with E-state index in [1.807, 2.05) is 6.92 Å². The fourth-order valence-electron chi connectivity index (χ4n) is 1.81. The third-order valence-corrected chi connectivity index (χ3v) is 2.66. The summed E-state index contributed by atoms with van der Waals surface area (Å²) < 4.78 is 43.3. The predicted octanol–water partition coefficient (Wildman–Crippen LogP) is 3.86. The molecule has 0 fully saturated rings. The van der Waals surface area contributed by atoms with Crippen molar-refractivity contribution < 1.29 is 17.6 Å². The maximum atomic E-state index is 12.6. The van der Waals surface area contributed by atoms with E-state index in [4.69, 9.17) is 10.2 Å². The highest BCUT2D eigenvalue weighted by Gasteiger charge is 2.30. The molecule has 1 aromatic carbocycles. The third-order valence-electron chi connectivity index (χ3n) is 2.66. The van der Waals surface area contributed by atoms with Crippen LogP contribution in [0.4, 0.5) is 13.2 Å². The zero-order valence-corrected chi connectivity index (χ0v) is 10.4. The molecule has 0 aliphatic carbocycles. The number of furan rings is 1. The second-order valence-electron chi connectivity index (χ2n) is 4.53. The Morgan fingerprint density at radius 2 is 1.95 bits per heavy atom. The van der Waals surface area contributed by atoms with Crippen LogP contribution in [0.1, 0.15) is 18.2 Å². The Morgan fingerprint density at radius 3 is 2.58 bits per heavy atom. The molecule has 2 N–H and O–H groups in total. The van der Waals surface area contributed by atoms with Crippen molar-refractivity contribution in [2.45, 2.75) is 25.6 Å². The zero-order chi connectivity index (χ0) is 14.0. The number of nitrogens with two attached hydrogens (primary N) is 1. The lowest BCUT2D eigenvalue weighted by molar-refractivity contribution is -0.137. The SMILES string of the molecule is CC(N)Cc1ccc(-c2cccc(C(F)(F)F)c2)o1. The van der Waals surface area contributed by atoms with Gasteiger partial charge in [-0.3, -0.25) is 0 Å². The summed E-state index contributed by atoms with van der Waals surface area (Å²) in [7, 11) is 0. The van der Waals surface area contributed by atoms with Crippen LogP contribution in [0.3, 0.4) is 0 Å². The molecule has 0 aliphatic rings. The van der Waals surface area contributed by atoms with Gasteiger partial charge in [0.25, 0.3) is 0 Å². The molecule has 2 aromatic rings. The van der Waals surface area contributed by atoms with Crippen molar-refractivity contribution >= 4 is 0 Å². The van der Waals surface area contributed by atoms with E-state index in [0.29, 0.717) is 23.5 Å². The summed E-state index contributed by atoms with van der Waals surface area (Å²) in [6, 6.07) is 8.41. The standard InChI is InChI=1S/C14H14F3NO/c1-9(18)7-12-5-6-13(19-12)10-3-2-4-11(8-10)14(15,16)17/h2-6,8-9H,7,18H2,1H3. The molecule has 0 amide bonds. The van der Waals surface area contributed by atoms with E-state index < -0.39 is 11.7 Å². The Hall–Kier alpha value is -1.75. The molecule has 19 heavy (non-hydrogen) atoms. The lowest BCUT2D eigenvalue weighted by atomic mass is 10.1. The molecule has 1 atom stereocenters. The van der Waals surface area contributed by atoms with Crippen LogP contribution in [-0.4, -0.2) is 6.04 Å². The Bertz CT molecular complexity index is 558. The molecule has 1 unspecified atom stereocenters. The van der Waals surface area contributed by atoms with Gasteiger partial charge in [0.2, 0.25) is 0 Å². The summed E-state index contributed by atoms with van der Waals surface area (Å²) in [5.41, 5.74) is 5.37. The lowest BCUT2D eigenvalue weighted by Crippen LogP contribution is -2.17. The van der Waals surface area contributed by atoms with Crippen LogP contribution < -0.4 is 5.73 Å². The Balaban J connectivity index is 2.29. The molecule has 0 saturated carbocycles. The average Bonchev–Trinajstić information content (AvgIpc) is 2.76. The third kappa shape index (κ3) is 3.38. The topological polar surface area (TPSA) is 39.2 Å². The van der Waals surface area contributed by atoms with E-state index in [1.54, 1.807) is 18.2 Å². The maximum Gasteiger partial charge on any atom is 0.416 e. The van der Waals surface area contributed by atoms with Crippen LogP contribution in [0, 0.1) is 0 Å². The van der Waals surface area contributed by atoms with Gasteiger partial charge in [-0.15, -0.1) is 0 Å². The smallest absolute Gasteiger partial charge is 0.416 e. The van der Waals surface area contributed by atoms with Crippen LogP contribution in [0.15, 0.2) is 40.8 Å². The van der Waals surface area contributed by atoms with Gasteiger partial charge in [-0.05, 0) is 31.2 Å². The Kier molecular flexibility index (Phi) is 3.66. The number of hydrogen-bond donors (Lipinski definition) is 1. The molecular weight excluding hydrogens is 255 g/mol. The molecule has 2 rings (SSSR count). The highest BCUT2D eigenvalue weighted by atomic mass is 19.4. The van der Waals surface area contributed by atoms with Gasteiger partial charge < -0.3 is 10.2 Å². The molecule has 0 radical (unpaired) electrons. The number of benzene rings is 1. The molecule has 102 valence electrons. The van der Waals surface area contributed by atoms with Gasteiger partial charge in [0.05, 0.1) is 5.56 Å². The van der Waals surface area contributed by atoms with Gasteiger partial charge in [0.1, 0.15) is 11.5 Å². The quantitative estimate of drug-likeness (QED) is 0.919. The van der Waals surface area contributed by atoms with Crippen molar-refractivity contribution in [3.8, 4) is 11.3 Å². The van der Waals surface area contributed by atoms with Crippen LogP contribution in [0.25, 0.3) is 11.3 Å². The second-order valence-corrected chi connectivity index (χ2v) is 4.53. The van der Waals surface area contributed by atoms with E-state index in [1.165, 1.54) is 6.07 Å². The van der Waals surface area contributed by atoms with Crippen molar-refractivity contribution in [1.82, 2.24) is 0 Å². The number of halogens is 3. The first-order valence-corrected chi connectivity index (χ1v) is 5.88. The van der Waals surface area contributed by atoms with Gasteiger partial charge in [-0.2, -0.15) is 13.2 Å². The van der Waals surface area contributed by atoms with E-state index in [9.17, 15) is 13.2 Å². The largest absolute Gasteiger partial charge is 0.461 e. The summed E-state index contributed by atoms with van der Waals surface area (Å²) in [6.45, 7) is 1.84. The van der Waals surface area contributed by atoms with Gasteiger partial charge in [0.15, 0.2) is 0 Å². The van der Waals surface area contributed by atoms with Crippen molar-refractivity contribution in [3.63, 3.8) is 0 Å². The molecule has 0 saturated heterocycles. The van der Waals surface area contributed by atoms with Gasteiger partial charge in [-0.25, -0.2) is 0 Å². The molecule has 2 nitrogen and oxygen atoms in total. The first-order chi connectivity index (χ1) is 8.86. The number of alkyl halides is 3. The van der Waals surface area contributed by atoms with Crippen LogP contribution in [0.5, 0.6) is 0 Å². The highest BCUT2D eigenvalue weighted by molar-refractivity contribution is 5.58. The van der Waals surface area contributed by atoms with Gasteiger partial charge in [-0.1, -0.05) is 12.1 Å². The lowest BCUT2D eigenvalue weighted by Gasteiger charge is -2.07. The number of rotatable bonds is 3. The first-order valence-electron chi connectivity index (χ1n) is 5.88.